The van der Waals surface area contributed by atoms with Gasteiger partial charge < -0.3 is 10.1 Å². The molecule has 1 unspecified atom stereocenters. The van der Waals surface area contributed by atoms with Crippen molar-refractivity contribution in [2.75, 3.05) is 18.5 Å². The quantitative estimate of drug-likeness (QED) is 0.853. The van der Waals surface area contributed by atoms with Gasteiger partial charge in [0.2, 0.25) is 0 Å². The van der Waals surface area contributed by atoms with Gasteiger partial charge in [0.15, 0.2) is 0 Å². The molecule has 2 rings (SSSR count). The van der Waals surface area contributed by atoms with Gasteiger partial charge >= 0.3 is 0 Å². The van der Waals surface area contributed by atoms with E-state index < -0.39 is 0 Å². The minimum Gasteiger partial charge on any atom is -0.382 e. The zero-order valence-corrected chi connectivity index (χ0v) is 9.68. The highest BCUT2D eigenvalue weighted by Crippen LogP contribution is 2.20. The lowest BCUT2D eigenvalue weighted by atomic mass is 10.2. The van der Waals surface area contributed by atoms with Crippen LogP contribution in [0.1, 0.15) is 18.4 Å². The first-order chi connectivity index (χ1) is 7.25. The molecule has 82 valence electrons. The van der Waals surface area contributed by atoms with E-state index in [-0.39, 0.29) is 0 Å². The van der Waals surface area contributed by atoms with E-state index in [4.69, 9.17) is 16.3 Å². The first kappa shape index (κ1) is 10.8. The van der Waals surface area contributed by atoms with Crippen molar-refractivity contribution in [3.8, 4) is 0 Å². The lowest BCUT2D eigenvalue weighted by molar-refractivity contribution is 0.120. The number of halogens is 1. The van der Waals surface area contributed by atoms with Crippen molar-refractivity contribution in [1.29, 1.82) is 0 Å². The number of anilines is 1. The van der Waals surface area contributed by atoms with Crippen LogP contribution in [0.3, 0.4) is 0 Å². The van der Waals surface area contributed by atoms with Crippen molar-refractivity contribution >= 4 is 17.3 Å². The molecular formula is C12H16ClNO. The van der Waals surface area contributed by atoms with Crippen LogP contribution in [-0.4, -0.2) is 19.3 Å². The molecule has 0 aliphatic carbocycles. The average Bonchev–Trinajstić information content (AvgIpc) is 2.73. The highest BCUT2D eigenvalue weighted by Gasteiger charge is 2.14. The highest BCUT2D eigenvalue weighted by molar-refractivity contribution is 6.31. The van der Waals surface area contributed by atoms with Gasteiger partial charge in [0.1, 0.15) is 0 Å². The standard InChI is InChI=1S/C12H16ClNO/c1-9-4-5-10(7-12(9)13)14-8-11-3-2-6-15-11/h4-5,7,11,14H,2-3,6,8H2,1H3. The number of nitrogens with one attached hydrogen (secondary N) is 1. The number of benzene rings is 1. The molecule has 1 aliphatic rings. The Labute approximate surface area is 95.6 Å². The first-order valence-corrected chi connectivity index (χ1v) is 5.75. The van der Waals surface area contributed by atoms with Crippen LogP contribution >= 0.6 is 11.6 Å². The molecule has 0 spiro atoms. The SMILES string of the molecule is Cc1ccc(NCC2CCCO2)cc1Cl. The fraction of sp³-hybridized carbons (Fsp3) is 0.500. The zero-order valence-electron chi connectivity index (χ0n) is 8.92. The van der Waals surface area contributed by atoms with Gasteiger partial charge in [-0.05, 0) is 37.5 Å². The van der Waals surface area contributed by atoms with E-state index in [0.29, 0.717) is 6.10 Å². The summed E-state index contributed by atoms with van der Waals surface area (Å²) in [5.74, 6) is 0. The normalized spacial score (nSPS) is 20.5. The van der Waals surface area contributed by atoms with Crippen LogP contribution in [-0.2, 0) is 4.74 Å². The molecule has 0 amide bonds. The lowest BCUT2D eigenvalue weighted by Gasteiger charge is -2.12. The van der Waals surface area contributed by atoms with Crippen LogP contribution in [0.25, 0.3) is 0 Å². The van der Waals surface area contributed by atoms with Crippen molar-refractivity contribution in [2.45, 2.75) is 25.9 Å². The molecule has 1 atom stereocenters. The fourth-order valence-corrected chi connectivity index (χ4v) is 1.92. The van der Waals surface area contributed by atoms with E-state index in [1.807, 2.05) is 19.1 Å². The molecule has 2 nitrogen and oxygen atoms in total. The van der Waals surface area contributed by atoms with E-state index in [2.05, 4.69) is 11.4 Å². The second-order valence-electron chi connectivity index (χ2n) is 3.98. The van der Waals surface area contributed by atoms with Gasteiger partial charge in [0, 0.05) is 23.9 Å². The Morgan fingerprint density at radius 3 is 3.07 bits per heavy atom. The summed E-state index contributed by atoms with van der Waals surface area (Å²) in [6.45, 7) is 3.78. The van der Waals surface area contributed by atoms with Crippen LogP contribution in [0.2, 0.25) is 5.02 Å². The van der Waals surface area contributed by atoms with E-state index >= 15 is 0 Å². The van der Waals surface area contributed by atoms with Crippen molar-refractivity contribution in [2.24, 2.45) is 0 Å². The molecule has 0 radical (unpaired) electrons. The summed E-state index contributed by atoms with van der Waals surface area (Å²) in [7, 11) is 0. The number of ether oxygens (including phenoxy) is 1. The first-order valence-electron chi connectivity index (χ1n) is 5.37. The third-order valence-corrected chi connectivity index (χ3v) is 3.14. The number of rotatable bonds is 3. The molecular weight excluding hydrogens is 210 g/mol. The second-order valence-corrected chi connectivity index (χ2v) is 4.39. The summed E-state index contributed by atoms with van der Waals surface area (Å²) in [4.78, 5) is 0. The summed E-state index contributed by atoms with van der Waals surface area (Å²) in [5, 5.41) is 4.16. The van der Waals surface area contributed by atoms with E-state index in [1.54, 1.807) is 0 Å². The minimum atomic E-state index is 0.366. The van der Waals surface area contributed by atoms with E-state index in [9.17, 15) is 0 Å². The molecule has 1 aromatic carbocycles. The van der Waals surface area contributed by atoms with Gasteiger partial charge in [-0.3, -0.25) is 0 Å². The maximum Gasteiger partial charge on any atom is 0.0748 e. The van der Waals surface area contributed by atoms with Gasteiger partial charge in [0.25, 0.3) is 0 Å². The summed E-state index contributed by atoms with van der Waals surface area (Å²) in [5.41, 5.74) is 2.18. The van der Waals surface area contributed by atoms with Crippen LogP contribution in [0.4, 0.5) is 5.69 Å². The number of aryl methyl sites for hydroxylation is 1. The second kappa shape index (κ2) is 4.86. The van der Waals surface area contributed by atoms with Crippen LogP contribution in [0, 0.1) is 6.92 Å². The maximum absolute atomic E-state index is 6.04. The van der Waals surface area contributed by atoms with Gasteiger partial charge in [-0.2, -0.15) is 0 Å². The predicted molar refractivity (Wildman–Crippen MR) is 63.7 cm³/mol. The largest absolute Gasteiger partial charge is 0.382 e. The van der Waals surface area contributed by atoms with Crippen molar-refractivity contribution in [3.63, 3.8) is 0 Å². The Kier molecular flexibility index (Phi) is 3.49. The Bertz CT molecular complexity index is 334. The maximum atomic E-state index is 6.04. The molecule has 1 heterocycles. The molecule has 1 N–H and O–H groups in total. The third-order valence-electron chi connectivity index (χ3n) is 2.73. The van der Waals surface area contributed by atoms with Gasteiger partial charge in [-0.15, -0.1) is 0 Å². The molecule has 0 aromatic heterocycles. The highest BCUT2D eigenvalue weighted by atomic mass is 35.5. The molecule has 0 saturated carbocycles. The Morgan fingerprint density at radius 2 is 2.40 bits per heavy atom. The fourth-order valence-electron chi connectivity index (χ4n) is 1.74. The monoisotopic (exact) mass is 225 g/mol. The van der Waals surface area contributed by atoms with Gasteiger partial charge in [-0.25, -0.2) is 0 Å². The van der Waals surface area contributed by atoms with Crippen LogP contribution < -0.4 is 5.32 Å². The molecule has 0 bridgehead atoms. The molecule has 1 aromatic rings. The van der Waals surface area contributed by atoms with Crippen LogP contribution in [0.15, 0.2) is 18.2 Å². The molecule has 1 aliphatic heterocycles. The van der Waals surface area contributed by atoms with Crippen molar-refractivity contribution in [3.05, 3.63) is 28.8 Å². The van der Waals surface area contributed by atoms with Crippen LogP contribution in [0.5, 0.6) is 0 Å². The molecule has 1 fully saturated rings. The lowest BCUT2D eigenvalue weighted by Crippen LogP contribution is -2.18. The Morgan fingerprint density at radius 1 is 1.53 bits per heavy atom. The predicted octanol–water partition coefficient (Wildman–Crippen LogP) is 3.24. The summed E-state index contributed by atoms with van der Waals surface area (Å²) in [6.07, 6.45) is 2.71. The third kappa shape index (κ3) is 2.86. The van der Waals surface area contributed by atoms with Gasteiger partial charge in [0.05, 0.1) is 6.10 Å². The topological polar surface area (TPSA) is 21.3 Å². The summed E-state index contributed by atoms with van der Waals surface area (Å²) < 4.78 is 5.53. The molecule has 3 heteroatoms. The van der Waals surface area contributed by atoms with Gasteiger partial charge in [-0.1, -0.05) is 17.7 Å². The number of hydrogen-bond donors (Lipinski definition) is 1. The Hall–Kier alpha value is -0.730. The van der Waals surface area contributed by atoms with E-state index in [0.717, 1.165) is 35.8 Å². The Balaban J connectivity index is 1.90. The molecule has 1 saturated heterocycles. The minimum absolute atomic E-state index is 0.366. The molecule has 15 heavy (non-hydrogen) atoms. The number of hydrogen-bond acceptors (Lipinski definition) is 2. The average molecular weight is 226 g/mol. The van der Waals surface area contributed by atoms with Crippen molar-refractivity contribution in [1.82, 2.24) is 0 Å². The summed E-state index contributed by atoms with van der Waals surface area (Å²) >= 11 is 6.04. The van der Waals surface area contributed by atoms with Crippen molar-refractivity contribution < 1.29 is 4.74 Å². The smallest absolute Gasteiger partial charge is 0.0748 e. The van der Waals surface area contributed by atoms with E-state index in [1.165, 1.54) is 6.42 Å². The zero-order chi connectivity index (χ0) is 10.7. The summed E-state index contributed by atoms with van der Waals surface area (Å²) in [6, 6.07) is 6.04.